The fourth-order valence-electron chi connectivity index (χ4n) is 2.13. The van der Waals surface area contributed by atoms with Crippen molar-refractivity contribution in [2.75, 3.05) is 5.32 Å². The number of anilines is 1. The van der Waals surface area contributed by atoms with Crippen LogP contribution in [0.4, 0.5) is 18.9 Å². The van der Waals surface area contributed by atoms with Gasteiger partial charge in [0.1, 0.15) is 24.3 Å². The number of aromatic nitrogens is 3. The quantitative estimate of drug-likeness (QED) is 0.746. The summed E-state index contributed by atoms with van der Waals surface area (Å²) in [5.41, 5.74) is 0.238. The lowest BCUT2D eigenvalue weighted by Crippen LogP contribution is -2.21. The number of alkyl halides is 3. The van der Waals surface area contributed by atoms with Crippen molar-refractivity contribution in [3.05, 3.63) is 61.2 Å². The molecule has 3 aromatic rings. The van der Waals surface area contributed by atoms with E-state index in [0.717, 1.165) is 0 Å². The minimum Gasteiger partial charge on any atom is -0.439 e. The maximum atomic E-state index is 12.2. The molecule has 0 aliphatic heterocycles. The Bertz CT molecular complexity index is 878. The van der Waals surface area contributed by atoms with Crippen molar-refractivity contribution in [2.45, 2.75) is 12.6 Å². The number of hydrogen-bond donors (Lipinski definition) is 1. The van der Waals surface area contributed by atoms with E-state index in [-0.39, 0.29) is 5.69 Å². The molecule has 3 rings (SSSR count). The van der Waals surface area contributed by atoms with E-state index in [1.165, 1.54) is 30.6 Å². The molecule has 0 radical (unpaired) electrons. The van der Waals surface area contributed by atoms with Gasteiger partial charge in [-0.2, -0.15) is 13.2 Å². The molecular formula is C17H13F3N4O2. The summed E-state index contributed by atoms with van der Waals surface area (Å²) in [5.74, 6) is 0.211. The summed E-state index contributed by atoms with van der Waals surface area (Å²) in [7, 11) is 0. The van der Waals surface area contributed by atoms with Crippen LogP contribution in [0.1, 0.15) is 6.42 Å². The normalized spacial score (nSPS) is 11.2. The maximum Gasteiger partial charge on any atom is 0.397 e. The average molecular weight is 362 g/mol. The molecule has 26 heavy (non-hydrogen) atoms. The molecule has 0 aliphatic rings. The molecule has 0 unspecified atom stereocenters. The Morgan fingerprint density at radius 3 is 2.46 bits per heavy atom. The molecule has 0 saturated carbocycles. The third kappa shape index (κ3) is 4.82. The lowest BCUT2D eigenvalue weighted by Gasteiger charge is -2.09. The van der Waals surface area contributed by atoms with Gasteiger partial charge >= 0.3 is 6.18 Å². The number of benzene rings is 1. The highest BCUT2D eigenvalue weighted by Gasteiger charge is 2.31. The second-order valence-electron chi connectivity index (χ2n) is 5.27. The molecule has 2 heterocycles. The summed E-state index contributed by atoms with van der Waals surface area (Å²) in [6.45, 7) is 0. The Kier molecular flexibility index (Phi) is 4.87. The number of hydrogen-bond acceptors (Lipinski definition) is 4. The minimum absolute atomic E-state index is 0.238. The molecule has 9 heteroatoms. The van der Waals surface area contributed by atoms with Gasteiger partial charge in [0, 0.05) is 24.1 Å². The SMILES string of the molecule is O=C(CC(F)(F)F)Nc1ccc(Oc2cc(-n3cccc3)ncn2)cc1. The van der Waals surface area contributed by atoms with Crippen molar-refractivity contribution < 1.29 is 22.7 Å². The molecule has 1 N–H and O–H groups in total. The molecule has 2 aromatic heterocycles. The van der Waals surface area contributed by atoms with E-state index in [1.54, 1.807) is 10.6 Å². The van der Waals surface area contributed by atoms with E-state index in [1.807, 2.05) is 24.5 Å². The summed E-state index contributed by atoms with van der Waals surface area (Å²) in [6, 6.07) is 11.3. The topological polar surface area (TPSA) is 69.0 Å². The average Bonchev–Trinajstić information content (AvgIpc) is 3.10. The first kappa shape index (κ1) is 17.5. The Morgan fingerprint density at radius 2 is 1.81 bits per heavy atom. The largest absolute Gasteiger partial charge is 0.439 e. The Balaban J connectivity index is 1.65. The number of amides is 1. The van der Waals surface area contributed by atoms with Gasteiger partial charge in [-0.05, 0) is 36.4 Å². The second-order valence-corrected chi connectivity index (χ2v) is 5.27. The summed E-state index contributed by atoms with van der Waals surface area (Å²) in [6.07, 6.45) is -1.07. The molecule has 1 amide bonds. The van der Waals surface area contributed by atoms with Crippen molar-refractivity contribution in [3.8, 4) is 17.4 Å². The van der Waals surface area contributed by atoms with Crippen LogP contribution in [0.25, 0.3) is 5.82 Å². The van der Waals surface area contributed by atoms with Crippen molar-refractivity contribution in [3.63, 3.8) is 0 Å². The van der Waals surface area contributed by atoms with E-state index in [4.69, 9.17) is 4.74 Å². The van der Waals surface area contributed by atoms with Gasteiger partial charge in [-0.1, -0.05) is 0 Å². The monoisotopic (exact) mass is 362 g/mol. The highest BCUT2D eigenvalue weighted by Crippen LogP contribution is 2.24. The van der Waals surface area contributed by atoms with Crippen molar-refractivity contribution >= 4 is 11.6 Å². The molecule has 1 aromatic carbocycles. The van der Waals surface area contributed by atoms with E-state index < -0.39 is 18.5 Å². The molecule has 0 bridgehead atoms. The predicted molar refractivity (Wildman–Crippen MR) is 87.2 cm³/mol. The Labute approximate surface area is 146 Å². The lowest BCUT2D eigenvalue weighted by atomic mass is 10.3. The molecule has 0 saturated heterocycles. The van der Waals surface area contributed by atoms with E-state index >= 15 is 0 Å². The molecule has 134 valence electrons. The fraction of sp³-hybridized carbons (Fsp3) is 0.118. The number of rotatable bonds is 5. The molecular weight excluding hydrogens is 349 g/mol. The van der Waals surface area contributed by atoms with Gasteiger partial charge in [0.2, 0.25) is 11.8 Å². The maximum absolute atomic E-state index is 12.2. The number of ether oxygens (including phenoxy) is 1. The number of carbonyl (C=O) groups is 1. The lowest BCUT2D eigenvalue weighted by molar-refractivity contribution is -0.150. The van der Waals surface area contributed by atoms with Crippen molar-refractivity contribution in [1.82, 2.24) is 14.5 Å². The van der Waals surface area contributed by atoms with Crippen molar-refractivity contribution in [2.24, 2.45) is 0 Å². The third-order valence-electron chi connectivity index (χ3n) is 3.22. The zero-order valence-corrected chi connectivity index (χ0v) is 13.3. The van der Waals surface area contributed by atoms with Crippen LogP contribution in [0.3, 0.4) is 0 Å². The fourth-order valence-corrected chi connectivity index (χ4v) is 2.13. The number of nitrogens with zero attached hydrogens (tertiary/aromatic N) is 3. The molecule has 0 aliphatic carbocycles. The van der Waals surface area contributed by atoms with Gasteiger partial charge in [0.05, 0.1) is 0 Å². The Hall–Kier alpha value is -3.36. The predicted octanol–water partition coefficient (Wildman–Crippen LogP) is 3.95. The van der Waals surface area contributed by atoms with Crippen LogP contribution in [0.2, 0.25) is 0 Å². The van der Waals surface area contributed by atoms with Crippen LogP contribution in [-0.2, 0) is 4.79 Å². The van der Waals surface area contributed by atoms with Gasteiger partial charge in [0.15, 0.2) is 0 Å². The van der Waals surface area contributed by atoms with Crippen LogP contribution >= 0.6 is 0 Å². The summed E-state index contributed by atoms with van der Waals surface area (Å²) in [5, 5.41) is 2.17. The third-order valence-corrected chi connectivity index (χ3v) is 3.22. The molecule has 0 spiro atoms. The zero-order valence-electron chi connectivity index (χ0n) is 13.3. The summed E-state index contributed by atoms with van der Waals surface area (Å²) in [4.78, 5) is 19.4. The molecule has 0 atom stereocenters. The highest BCUT2D eigenvalue weighted by molar-refractivity contribution is 5.91. The molecule has 0 fully saturated rings. The minimum atomic E-state index is -4.54. The van der Waals surface area contributed by atoms with Gasteiger partial charge in [-0.3, -0.25) is 4.79 Å². The first-order valence-corrected chi connectivity index (χ1v) is 7.49. The van der Waals surface area contributed by atoms with Crippen LogP contribution in [0.15, 0.2) is 61.2 Å². The Morgan fingerprint density at radius 1 is 1.12 bits per heavy atom. The van der Waals surface area contributed by atoms with Gasteiger partial charge in [0.25, 0.3) is 0 Å². The smallest absolute Gasteiger partial charge is 0.397 e. The van der Waals surface area contributed by atoms with Crippen LogP contribution in [0.5, 0.6) is 11.6 Å². The van der Waals surface area contributed by atoms with Crippen LogP contribution in [0, 0.1) is 0 Å². The summed E-state index contributed by atoms with van der Waals surface area (Å²) >= 11 is 0. The van der Waals surface area contributed by atoms with Gasteiger partial charge < -0.3 is 14.6 Å². The van der Waals surface area contributed by atoms with Crippen molar-refractivity contribution in [1.29, 1.82) is 0 Å². The summed E-state index contributed by atoms with van der Waals surface area (Å²) < 4.78 is 43.9. The van der Waals surface area contributed by atoms with E-state index in [2.05, 4.69) is 15.3 Å². The molecule has 6 nitrogen and oxygen atoms in total. The van der Waals surface area contributed by atoms with Crippen LogP contribution < -0.4 is 10.1 Å². The first-order chi connectivity index (χ1) is 12.4. The zero-order chi connectivity index (χ0) is 18.6. The number of carbonyl (C=O) groups excluding carboxylic acids is 1. The number of halogens is 3. The second kappa shape index (κ2) is 7.26. The number of nitrogens with one attached hydrogen (secondary N) is 1. The van der Waals surface area contributed by atoms with Crippen LogP contribution in [-0.4, -0.2) is 26.6 Å². The first-order valence-electron chi connectivity index (χ1n) is 7.49. The van der Waals surface area contributed by atoms with Gasteiger partial charge in [-0.25, -0.2) is 9.97 Å². The standard InChI is InChI=1S/C17H13F3N4O2/c18-17(19,20)10-15(25)23-12-3-5-13(6-4-12)26-16-9-14(21-11-22-16)24-7-1-2-8-24/h1-9,11H,10H2,(H,23,25). The van der Waals surface area contributed by atoms with Gasteiger partial charge in [-0.15, -0.1) is 0 Å². The van der Waals surface area contributed by atoms with E-state index in [9.17, 15) is 18.0 Å². The highest BCUT2D eigenvalue weighted by atomic mass is 19.4. The van der Waals surface area contributed by atoms with E-state index in [0.29, 0.717) is 17.4 Å².